The minimum Gasteiger partial charge on any atom is -0.329 e. The van der Waals surface area contributed by atoms with Crippen LogP contribution in [0, 0.1) is 0 Å². The Bertz CT molecular complexity index is 1370. The summed E-state index contributed by atoms with van der Waals surface area (Å²) in [4.78, 5) is 27.6. The third-order valence-electron chi connectivity index (χ3n) is 5.91. The molecule has 2 amide bonds. The van der Waals surface area contributed by atoms with E-state index in [4.69, 9.17) is 0 Å². The molecule has 1 heterocycles. The molecule has 0 saturated carbocycles. The van der Waals surface area contributed by atoms with E-state index in [1.165, 1.54) is 4.90 Å². The molecule has 0 aliphatic carbocycles. The molecule has 0 aliphatic heterocycles. The Labute approximate surface area is 218 Å². The fraction of sp³-hybridized carbons (Fsp3) is 0.207. The van der Waals surface area contributed by atoms with Crippen LogP contribution in [0.3, 0.4) is 0 Å². The highest BCUT2D eigenvalue weighted by Crippen LogP contribution is 2.29. The number of nitrogens with zero attached hydrogens (tertiary/aromatic N) is 3. The maximum atomic E-state index is 13.1. The van der Waals surface area contributed by atoms with Gasteiger partial charge in [0.15, 0.2) is 0 Å². The molecular weight excluding hydrogens is 493 g/mol. The third-order valence-corrected chi connectivity index (χ3v) is 5.91. The van der Waals surface area contributed by atoms with Gasteiger partial charge in [-0.2, -0.15) is 18.3 Å². The Balaban J connectivity index is 1.56. The number of halogens is 3. The Hall–Kier alpha value is -4.40. The number of hydrogen-bond acceptors (Lipinski definition) is 3. The molecule has 9 heteroatoms. The van der Waals surface area contributed by atoms with E-state index in [9.17, 15) is 22.8 Å². The van der Waals surface area contributed by atoms with Gasteiger partial charge in [0.25, 0.3) is 5.91 Å². The van der Waals surface area contributed by atoms with Crippen molar-refractivity contribution in [3.05, 3.63) is 102 Å². The maximum Gasteiger partial charge on any atom is 0.416 e. The van der Waals surface area contributed by atoms with Crippen molar-refractivity contribution in [3.63, 3.8) is 0 Å². The zero-order valence-electron chi connectivity index (χ0n) is 20.8. The largest absolute Gasteiger partial charge is 0.416 e. The average molecular weight is 521 g/mol. The van der Waals surface area contributed by atoms with Crippen LogP contribution in [0.4, 0.5) is 19.0 Å². The highest BCUT2D eigenvalue weighted by molar-refractivity contribution is 5.99. The van der Waals surface area contributed by atoms with Crippen LogP contribution < -0.4 is 5.32 Å². The van der Waals surface area contributed by atoms with Gasteiger partial charge in [-0.3, -0.25) is 9.59 Å². The van der Waals surface area contributed by atoms with Gasteiger partial charge < -0.3 is 10.2 Å². The second-order valence-corrected chi connectivity index (χ2v) is 8.73. The number of amides is 2. The SMILES string of the molecule is CCCCN(CC(=O)Nc1cc(-c2ccccc2)nn1-c1ccccc1)C(=O)c1ccc(C(F)(F)F)cc1. The van der Waals surface area contributed by atoms with Crippen LogP contribution in [-0.2, 0) is 11.0 Å². The third kappa shape index (κ3) is 6.47. The normalized spacial score (nSPS) is 11.3. The molecule has 0 bridgehead atoms. The summed E-state index contributed by atoms with van der Waals surface area (Å²) in [6, 6.07) is 24.6. The fourth-order valence-corrected chi connectivity index (χ4v) is 3.93. The number of nitrogens with one attached hydrogen (secondary N) is 1. The summed E-state index contributed by atoms with van der Waals surface area (Å²) >= 11 is 0. The minimum absolute atomic E-state index is 0.0857. The predicted molar refractivity (Wildman–Crippen MR) is 140 cm³/mol. The summed E-state index contributed by atoms with van der Waals surface area (Å²) in [6.07, 6.45) is -3.08. The molecule has 3 aromatic carbocycles. The molecule has 1 N–H and O–H groups in total. The van der Waals surface area contributed by atoms with Gasteiger partial charge in [-0.1, -0.05) is 61.9 Å². The Morgan fingerprint density at radius 1 is 0.921 bits per heavy atom. The molecule has 0 fully saturated rings. The van der Waals surface area contributed by atoms with Crippen LogP contribution in [0.5, 0.6) is 0 Å². The maximum absolute atomic E-state index is 13.1. The second-order valence-electron chi connectivity index (χ2n) is 8.73. The molecule has 0 saturated heterocycles. The molecule has 38 heavy (non-hydrogen) atoms. The summed E-state index contributed by atoms with van der Waals surface area (Å²) in [5.74, 6) is -0.528. The first-order valence-electron chi connectivity index (χ1n) is 12.2. The summed E-state index contributed by atoms with van der Waals surface area (Å²) < 4.78 is 40.4. The van der Waals surface area contributed by atoms with Gasteiger partial charge in [0.05, 0.1) is 16.9 Å². The molecule has 0 unspecified atom stereocenters. The monoisotopic (exact) mass is 520 g/mol. The van der Waals surface area contributed by atoms with Gasteiger partial charge in [-0.25, -0.2) is 4.68 Å². The van der Waals surface area contributed by atoms with Crippen molar-refractivity contribution in [2.24, 2.45) is 0 Å². The van der Waals surface area contributed by atoms with Crippen molar-refractivity contribution >= 4 is 17.6 Å². The average Bonchev–Trinajstić information content (AvgIpc) is 3.34. The number of carbonyl (C=O) groups excluding carboxylic acids is 2. The summed E-state index contributed by atoms with van der Waals surface area (Å²) in [7, 11) is 0. The van der Waals surface area contributed by atoms with Crippen molar-refractivity contribution in [1.29, 1.82) is 0 Å². The van der Waals surface area contributed by atoms with E-state index in [2.05, 4.69) is 10.4 Å². The molecule has 0 atom stereocenters. The van der Waals surface area contributed by atoms with E-state index in [1.54, 1.807) is 10.7 Å². The number of alkyl halides is 3. The Morgan fingerprint density at radius 2 is 1.55 bits per heavy atom. The lowest BCUT2D eigenvalue weighted by molar-refractivity contribution is -0.137. The number of aromatic nitrogens is 2. The number of anilines is 1. The first-order chi connectivity index (χ1) is 18.3. The van der Waals surface area contributed by atoms with Gasteiger partial charge in [-0.05, 0) is 42.8 Å². The lowest BCUT2D eigenvalue weighted by atomic mass is 10.1. The number of unbranched alkanes of at least 4 members (excludes halogenated alkanes) is 1. The number of benzene rings is 3. The first kappa shape index (κ1) is 26.7. The van der Waals surface area contributed by atoms with E-state index in [0.717, 1.165) is 41.9 Å². The lowest BCUT2D eigenvalue weighted by Gasteiger charge is -2.22. The van der Waals surface area contributed by atoms with Crippen LogP contribution in [0.25, 0.3) is 16.9 Å². The highest BCUT2D eigenvalue weighted by Gasteiger charge is 2.30. The van der Waals surface area contributed by atoms with Crippen molar-refractivity contribution in [1.82, 2.24) is 14.7 Å². The first-order valence-corrected chi connectivity index (χ1v) is 12.2. The van der Waals surface area contributed by atoms with Gasteiger partial charge >= 0.3 is 6.18 Å². The van der Waals surface area contributed by atoms with Gasteiger partial charge in [0.1, 0.15) is 12.4 Å². The van der Waals surface area contributed by atoms with Crippen molar-refractivity contribution in [2.75, 3.05) is 18.4 Å². The van der Waals surface area contributed by atoms with Crippen LogP contribution in [0.2, 0.25) is 0 Å². The highest BCUT2D eigenvalue weighted by atomic mass is 19.4. The van der Waals surface area contributed by atoms with Gasteiger partial charge in [-0.15, -0.1) is 0 Å². The van der Waals surface area contributed by atoms with E-state index >= 15 is 0 Å². The Morgan fingerprint density at radius 3 is 2.16 bits per heavy atom. The topological polar surface area (TPSA) is 67.2 Å². The number of hydrogen-bond donors (Lipinski definition) is 1. The molecule has 6 nitrogen and oxygen atoms in total. The van der Waals surface area contributed by atoms with E-state index in [0.29, 0.717) is 17.9 Å². The van der Waals surface area contributed by atoms with Crippen LogP contribution >= 0.6 is 0 Å². The van der Waals surface area contributed by atoms with Gasteiger partial charge in [0, 0.05) is 23.7 Å². The van der Waals surface area contributed by atoms with Crippen molar-refractivity contribution in [3.8, 4) is 16.9 Å². The minimum atomic E-state index is -4.50. The number of carbonyl (C=O) groups is 2. The Kier molecular flexibility index (Phi) is 8.25. The summed E-state index contributed by atoms with van der Waals surface area (Å²) in [5.41, 5.74) is 1.53. The molecule has 4 rings (SSSR count). The standard InChI is InChI=1S/C29H27F3N4O2/c1-2-3-18-35(28(38)22-14-16-23(17-15-22)29(30,31)32)20-27(37)33-26-19-25(21-10-6-4-7-11-21)34-36(26)24-12-8-5-9-13-24/h4-17,19H,2-3,18,20H2,1H3,(H,33,37). The predicted octanol–water partition coefficient (Wildman–Crippen LogP) is 6.44. The summed E-state index contributed by atoms with van der Waals surface area (Å²) in [5, 5.41) is 7.53. The lowest BCUT2D eigenvalue weighted by Crippen LogP contribution is -2.39. The molecule has 196 valence electrons. The molecular formula is C29H27F3N4O2. The zero-order chi connectivity index (χ0) is 27.1. The van der Waals surface area contributed by atoms with E-state index < -0.39 is 23.6 Å². The van der Waals surface area contributed by atoms with Gasteiger partial charge in [0.2, 0.25) is 5.91 Å². The van der Waals surface area contributed by atoms with E-state index in [-0.39, 0.29) is 18.7 Å². The molecule has 4 aromatic rings. The van der Waals surface area contributed by atoms with Crippen molar-refractivity contribution < 1.29 is 22.8 Å². The molecule has 0 spiro atoms. The zero-order valence-corrected chi connectivity index (χ0v) is 20.8. The summed E-state index contributed by atoms with van der Waals surface area (Å²) in [6.45, 7) is 1.97. The number of rotatable bonds is 9. The van der Waals surface area contributed by atoms with Crippen LogP contribution in [0.1, 0.15) is 35.7 Å². The van der Waals surface area contributed by atoms with Crippen LogP contribution in [-0.4, -0.2) is 39.6 Å². The van der Waals surface area contributed by atoms with Crippen LogP contribution in [0.15, 0.2) is 91.0 Å². The molecule has 0 aliphatic rings. The fourth-order valence-electron chi connectivity index (χ4n) is 3.93. The number of para-hydroxylation sites is 1. The van der Waals surface area contributed by atoms with Crippen molar-refractivity contribution in [2.45, 2.75) is 25.9 Å². The van der Waals surface area contributed by atoms with E-state index in [1.807, 2.05) is 67.6 Å². The molecule has 0 radical (unpaired) electrons. The second kappa shape index (κ2) is 11.8. The quantitative estimate of drug-likeness (QED) is 0.276. The smallest absolute Gasteiger partial charge is 0.329 e. The molecule has 1 aromatic heterocycles.